The minimum atomic E-state index is -0.671. The van der Waals surface area contributed by atoms with Crippen LogP contribution in [0.25, 0.3) is 0 Å². The Balaban J connectivity index is 4.64. The first-order valence-electron chi connectivity index (χ1n) is 4.99. The number of rotatable bonds is 7. The molecule has 0 spiro atoms. The third-order valence-electron chi connectivity index (χ3n) is 2.06. The van der Waals surface area contributed by atoms with Crippen LogP contribution in [0.1, 0.15) is 27.2 Å². The number of ether oxygens (including phenoxy) is 2. The Morgan fingerprint density at radius 2 is 1.86 bits per heavy atom. The van der Waals surface area contributed by atoms with Crippen LogP contribution in [0, 0.1) is 0 Å². The lowest BCUT2D eigenvalue weighted by Gasteiger charge is -2.33. The van der Waals surface area contributed by atoms with Crippen molar-refractivity contribution >= 4 is 16.3 Å². The van der Waals surface area contributed by atoms with Crippen LogP contribution in [0.3, 0.4) is 0 Å². The lowest BCUT2D eigenvalue weighted by atomic mass is 10.2. The Morgan fingerprint density at radius 1 is 1.36 bits per heavy atom. The number of hydrogen-bond donors (Lipinski definition) is 0. The second-order valence-electron chi connectivity index (χ2n) is 3.03. The van der Waals surface area contributed by atoms with E-state index >= 15 is 0 Å². The van der Waals surface area contributed by atoms with Crippen LogP contribution in [-0.2, 0) is 14.3 Å². The van der Waals surface area contributed by atoms with Crippen molar-refractivity contribution < 1.29 is 14.3 Å². The highest BCUT2D eigenvalue weighted by molar-refractivity contribution is 6.14. The van der Waals surface area contributed by atoms with Gasteiger partial charge in [0.25, 0.3) is 0 Å². The molecule has 0 radical (unpaired) electrons. The fourth-order valence-corrected chi connectivity index (χ4v) is 2.56. The van der Waals surface area contributed by atoms with E-state index in [-0.39, 0.29) is 6.04 Å². The van der Waals surface area contributed by atoms with Gasteiger partial charge in [-0.1, -0.05) is 6.92 Å². The van der Waals surface area contributed by atoms with Gasteiger partial charge in [-0.15, -0.1) is 0 Å². The molecule has 0 saturated carbocycles. The number of aliphatic imine (C=N–C) groups is 1. The van der Waals surface area contributed by atoms with Gasteiger partial charge in [-0.2, -0.15) is 4.99 Å². The van der Waals surface area contributed by atoms with Gasteiger partial charge in [0.15, 0.2) is 5.41 Å². The van der Waals surface area contributed by atoms with Crippen molar-refractivity contribution in [1.29, 1.82) is 0 Å². The fourth-order valence-electron chi connectivity index (χ4n) is 1.45. The zero-order valence-corrected chi connectivity index (χ0v) is 11.4. The molecule has 5 heteroatoms. The lowest BCUT2D eigenvalue weighted by molar-refractivity contribution is -0.185. The molecule has 0 aliphatic carbocycles. The molecular weight excluding hydrogens is 198 g/mol. The van der Waals surface area contributed by atoms with Crippen molar-refractivity contribution in [1.82, 2.24) is 0 Å². The highest BCUT2D eigenvalue weighted by Crippen LogP contribution is 2.19. The molecule has 0 aliphatic heterocycles. The molecule has 0 aromatic rings. The summed E-state index contributed by atoms with van der Waals surface area (Å²) in [5, 5.41) is 0. The third kappa shape index (κ3) is 3.72. The van der Waals surface area contributed by atoms with Crippen LogP contribution in [0.4, 0.5) is 0 Å². The highest BCUT2D eigenvalue weighted by atomic mass is 28.1. The van der Waals surface area contributed by atoms with Crippen LogP contribution in [0.2, 0.25) is 0 Å². The van der Waals surface area contributed by atoms with E-state index in [0.717, 1.165) is 6.42 Å². The van der Waals surface area contributed by atoms with Crippen molar-refractivity contribution in [2.45, 2.75) is 38.6 Å². The monoisotopic (exact) mass is 217 g/mol. The average Bonchev–Trinajstić information content (AvgIpc) is 2.14. The van der Waals surface area contributed by atoms with Gasteiger partial charge in [-0.3, -0.25) is 0 Å². The van der Waals surface area contributed by atoms with E-state index in [2.05, 4.69) is 4.99 Å². The van der Waals surface area contributed by atoms with E-state index in [4.69, 9.17) is 9.47 Å². The summed E-state index contributed by atoms with van der Waals surface area (Å²) < 4.78 is 11.1. The largest absolute Gasteiger partial charge is 0.353 e. The summed E-state index contributed by atoms with van der Waals surface area (Å²) in [5.74, 6) is 0. The zero-order valence-electron chi connectivity index (χ0n) is 9.37. The first kappa shape index (κ1) is 13.5. The third-order valence-corrected chi connectivity index (χ3v) is 3.31. The minimum absolute atomic E-state index is 0.230. The van der Waals surface area contributed by atoms with Gasteiger partial charge < -0.3 is 9.47 Å². The molecule has 0 saturated heterocycles. The van der Waals surface area contributed by atoms with Gasteiger partial charge in [-0.05, 0) is 20.3 Å². The predicted molar refractivity (Wildman–Crippen MR) is 58.1 cm³/mol. The van der Waals surface area contributed by atoms with Crippen molar-refractivity contribution in [2.24, 2.45) is 4.99 Å². The van der Waals surface area contributed by atoms with Crippen molar-refractivity contribution in [2.75, 3.05) is 13.2 Å². The van der Waals surface area contributed by atoms with E-state index in [1.807, 2.05) is 20.8 Å². The number of carbonyl (C=O) groups excluding carboxylic acids is 1. The Bertz CT molecular complexity index is 198. The van der Waals surface area contributed by atoms with E-state index in [1.54, 1.807) is 6.08 Å². The fraction of sp³-hybridized carbons (Fsp3) is 0.889. The summed E-state index contributed by atoms with van der Waals surface area (Å²) >= 11 is 0. The van der Waals surface area contributed by atoms with E-state index in [9.17, 15) is 4.79 Å². The molecule has 0 fully saturated rings. The van der Waals surface area contributed by atoms with Crippen LogP contribution in [0.15, 0.2) is 4.99 Å². The first-order valence-corrected chi connectivity index (χ1v) is 5.99. The molecule has 0 aromatic carbocycles. The summed E-state index contributed by atoms with van der Waals surface area (Å²) in [5.41, 5.74) is -0.671. The SMILES string of the molecule is CCOC([SiH3])(OCC)C(CC)N=C=O. The molecule has 0 N–H and O–H groups in total. The van der Waals surface area contributed by atoms with Crippen LogP contribution < -0.4 is 0 Å². The van der Waals surface area contributed by atoms with Crippen molar-refractivity contribution in [3.63, 3.8) is 0 Å². The van der Waals surface area contributed by atoms with Gasteiger partial charge in [-0.25, -0.2) is 4.79 Å². The van der Waals surface area contributed by atoms with Crippen LogP contribution in [0.5, 0.6) is 0 Å². The van der Waals surface area contributed by atoms with Gasteiger partial charge >= 0.3 is 0 Å². The van der Waals surface area contributed by atoms with Crippen LogP contribution >= 0.6 is 0 Å². The van der Waals surface area contributed by atoms with E-state index < -0.39 is 5.41 Å². The molecule has 14 heavy (non-hydrogen) atoms. The summed E-state index contributed by atoms with van der Waals surface area (Å²) in [6.45, 7) is 6.89. The summed E-state index contributed by atoms with van der Waals surface area (Å²) in [6.07, 6.45) is 2.30. The highest BCUT2D eigenvalue weighted by Gasteiger charge is 2.34. The predicted octanol–water partition coefficient (Wildman–Crippen LogP) is 0.193. The standard InChI is InChI=1S/C9H19NO3Si/c1-4-8(10-7-11)9(14,12-5-2)13-6-3/h8H,4-6H2,1-3,14H3. The molecule has 82 valence electrons. The number of isocyanates is 1. The second-order valence-corrected chi connectivity index (χ2v) is 4.42. The Labute approximate surface area is 88.1 Å². The summed E-state index contributed by atoms with van der Waals surface area (Å²) in [7, 11) is 0.678. The molecule has 1 unspecified atom stereocenters. The maximum Gasteiger partial charge on any atom is 0.235 e. The molecular formula is C9H19NO3Si. The van der Waals surface area contributed by atoms with Gasteiger partial charge in [0.05, 0.1) is 10.2 Å². The maximum absolute atomic E-state index is 10.2. The Hall–Kier alpha value is -0.483. The molecule has 4 nitrogen and oxygen atoms in total. The number of hydrogen-bond acceptors (Lipinski definition) is 4. The van der Waals surface area contributed by atoms with Crippen molar-refractivity contribution in [3.05, 3.63) is 0 Å². The Morgan fingerprint density at radius 3 is 2.14 bits per heavy atom. The number of nitrogens with zero attached hydrogens (tertiary/aromatic N) is 1. The molecule has 0 aromatic heterocycles. The van der Waals surface area contributed by atoms with Crippen molar-refractivity contribution in [3.8, 4) is 0 Å². The molecule has 0 aliphatic rings. The van der Waals surface area contributed by atoms with Gasteiger partial charge in [0.1, 0.15) is 6.04 Å². The van der Waals surface area contributed by atoms with Crippen LogP contribution in [-0.4, -0.2) is 41.0 Å². The van der Waals surface area contributed by atoms with Gasteiger partial charge in [0, 0.05) is 13.2 Å². The summed E-state index contributed by atoms with van der Waals surface area (Å²) in [4.78, 5) is 14.0. The van der Waals surface area contributed by atoms with E-state index in [1.165, 1.54) is 0 Å². The zero-order chi connectivity index (χ0) is 11.0. The van der Waals surface area contributed by atoms with Gasteiger partial charge in [0.2, 0.25) is 6.08 Å². The normalized spacial score (nSPS) is 13.6. The average molecular weight is 217 g/mol. The first-order chi connectivity index (χ1) is 6.64. The molecule has 1 atom stereocenters. The molecule has 0 heterocycles. The quantitative estimate of drug-likeness (QED) is 0.265. The molecule has 0 amide bonds. The minimum Gasteiger partial charge on any atom is -0.353 e. The topological polar surface area (TPSA) is 47.9 Å². The molecule has 0 bridgehead atoms. The molecule has 0 rings (SSSR count). The second kappa shape index (κ2) is 6.90. The van der Waals surface area contributed by atoms with E-state index in [0.29, 0.717) is 23.5 Å². The Kier molecular flexibility index (Phi) is 6.66. The maximum atomic E-state index is 10.2. The smallest absolute Gasteiger partial charge is 0.235 e. The lowest BCUT2D eigenvalue weighted by Crippen LogP contribution is -2.47. The summed E-state index contributed by atoms with van der Waals surface area (Å²) in [6, 6.07) is -0.230.